The van der Waals surface area contributed by atoms with E-state index in [0.717, 1.165) is 21.3 Å². The Labute approximate surface area is 284 Å². The van der Waals surface area contributed by atoms with Crippen molar-refractivity contribution in [1.82, 2.24) is 9.13 Å². The third kappa shape index (κ3) is 7.90. The van der Waals surface area contributed by atoms with Gasteiger partial charge in [-0.3, -0.25) is 13.9 Å². The van der Waals surface area contributed by atoms with Crippen molar-refractivity contribution in [2.45, 2.75) is 50.4 Å². The molecule has 1 aliphatic rings. The van der Waals surface area contributed by atoms with Gasteiger partial charge in [-0.25, -0.2) is 9.18 Å². The highest BCUT2D eigenvalue weighted by atomic mass is 19.1. The minimum Gasteiger partial charge on any atom is -0.497 e. The Balaban J connectivity index is 1.38. The number of nitrogens with zero attached hydrogens (tertiary/aromatic N) is 2. The standard InChI is InChI=1S/C39H39FN2O7/c1-45-33-19-17-29(18-20-33)23-42-35(43)21-22-41(38(42)44)37-39(28-40,48-26-32-15-9-4-10-16-32)36(47-25-31-13-7-3-8-14-31)34(49-37)27-46-24-30-11-5-2-6-12-30/h2-22,34,36-37H,23-28H2,1H3/t34-,36-,37-,39-/m1/s1. The van der Waals surface area contributed by atoms with Gasteiger partial charge in [0.1, 0.15) is 24.6 Å². The molecule has 9 nitrogen and oxygen atoms in total. The van der Waals surface area contributed by atoms with Gasteiger partial charge in [-0.05, 0) is 34.4 Å². The molecule has 0 aliphatic carbocycles. The first kappa shape index (κ1) is 34.0. The van der Waals surface area contributed by atoms with Crippen LogP contribution in [0.15, 0.2) is 137 Å². The summed E-state index contributed by atoms with van der Waals surface area (Å²) in [5.41, 5.74) is 0.355. The van der Waals surface area contributed by atoms with Crippen molar-refractivity contribution in [2.24, 2.45) is 0 Å². The van der Waals surface area contributed by atoms with E-state index in [4.69, 9.17) is 23.7 Å². The quantitative estimate of drug-likeness (QED) is 0.142. The second kappa shape index (κ2) is 16.0. The minimum absolute atomic E-state index is 0.0136. The van der Waals surface area contributed by atoms with Crippen LogP contribution in [0.2, 0.25) is 0 Å². The zero-order chi connectivity index (χ0) is 34.1. The second-order valence-electron chi connectivity index (χ2n) is 11.9. The van der Waals surface area contributed by atoms with Crippen molar-refractivity contribution in [1.29, 1.82) is 0 Å². The van der Waals surface area contributed by atoms with Gasteiger partial charge in [0.15, 0.2) is 11.8 Å². The summed E-state index contributed by atoms with van der Waals surface area (Å²) < 4.78 is 49.2. The van der Waals surface area contributed by atoms with Gasteiger partial charge in [-0.1, -0.05) is 103 Å². The summed E-state index contributed by atoms with van der Waals surface area (Å²) in [5.74, 6) is 0.645. The predicted molar refractivity (Wildman–Crippen MR) is 182 cm³/mol. The smallest absolute Gasteiger partial charge is 0.333 e. The Morgan fingerprint density at radius 3 is 1.92 bits per heavy atom. The molecule has 0 saturated carbocycles. The molecule has 0 unspecified atom stereocenters. The van der Waals surface area contributed by atoms with Crippen LogP contribution in [0.3, 0.4) is 0 Å². The highest BCUT2D eigenvalue weighted by Crippen LogP contribution is 2.44. The summed E-state index contributed by atoms with van der Waals surface area (Å²) in [5, 5.41) is 0. The Kier molecular flexibility index (Phi) is 11.1. The molecular formula is C39H39FN2O7. The van der Waals surface area contributed by atoms with Crippen LogP contribution in [0, 0.1) is 0 Å². The van der Waals surface area contributed by atoms with Gasteiger partial charge >= 0.3 is 5.69 Å². The van der Waals surface area contributed by atoms with Crippen LogP contribution >= 0.6 is 0 Å². The van der Waals surface area contributed by atoms with Crippen molar-refractivity contribution in [2.75, 3.05) is 20.4 Å². The number of ether oxygens (including phenoxy) is 5. The van der Waals surface area contributed by atoms with Crippen LogP contribution in [-0.2, 0) is 45.3 Å². The summed E-state index contributed by atoms with van der Waals surface area (Å²) in [6, 6.07) is 36.9. The molecule has 5 aromatic rings. The second-order valence-corrected chi connectivity index (χ2v) is 11.9. The molecule has 0 spiro atoms. The number of benzene rings is 4. The lowest BCUT2D eigenvalue weighted by Gasteiger charge is -2.36. The van der Waals surface area contributed by atoms with Crippen LogP contribution in [0.25, 0.3) is 0 Å². The first-order valence-corrected chi connectivity index (χ1v) is 16.1. The lowest BCUT2D eigenvalue weighted by atomic mass is 9.94. The lowest BCUT2D eigenvalue weighted by molar-refractivity contribution is -0.181. The molecule has 0 radical (unpaired) electrons. The van der Waals surface area contributed by atoms with E-state index in [2.05, 4.69) is 0 Å². The average molecular weight is 667 g/mol. The normalized spacial score (nSPS) is 20.3. The largest absolute Gasteiger partial charge is 0.497 e. The van der Waals surface area contributed by atoms with E-state index in [1.165, 1.54) is 16.8 Å². The number of halogens is 1. The Hall–Kier alpha value is -4.87. The maximum absolute atomic E-state index is 15.9. The van der Waals surface area contributed by atoms with Gasteiger partial charge < -0.3 is 23.7 Å². The van der Waals surface area contributed by atoms with E-state index in [0.29, 0.717) is 11.3 Å². The molecule has 49 heavy (non-hydrogen) atoms. The fraction of sp³-hybridized carbons (Fsp3) is 0.282. The van der Waals surface area contributed by atoms with Crippen LogP contribution in [0.1, 0.15) is 28.5 Å². The van der Waals surface area contributed by atoms with Crippen LogP contribution in [0.4, 0.5) is 4.39 Å². The fourth-order valence-corrected chi connectivity index (χ4v) is 6.01. The molecule has 1 saturated heterocycles. The maximum Gasteiger partial charge on any atom is 0.333 e. The molecule has 1 aromatic heterocycles. The number of hydrogen-bond donors (Lipinski definition) is 0. The van der Waals surface area contributed by atoms with E-state index >= 15 is 4.39 Å². The van der Waals surface area contributed by atoms with Gasteiger partial charge in [0.2, 0.25) is 0 Å². The van der Waals surface area contributed by atoms with Crippen LogP contribution in [0.5, 0.6) is 5.75 Å². The van der Waals surface area contributed by atoms with Crippen molar-refractivity contribution < 1.29 is 28.1 Å². The maximum atomic E-state index is 15.9. The summed E-state index contributed by atoms with van der Waals surface area (Å²) in [4.78, 5) is 27.2. The predicted octanol–water partition coefficient (Wildman–Crippen LogP) is 5.69. The first-order valence-electron chi connectivity index (χ1n) is 16.1. The number of alkyl halides is 1. The van der Waals surface area contributed by atoms with Gasteiger partial charge in [-0.15, -0.1) is 0 Å². The Morgan fingerprint density at radius 2 is 1.33 bits per heavy atom. The van der Waals surface area contributed by atoms with E-state index < -0.39 is 42.0 Å². The van der Waals surface area contributed by atoms with Crippen LogP contribution < -0.4 is 16.0 Å². The highest BCUT2D eigenvalue weighted by Gasteiger charge is 2.60. The lowest BCUT2D eigenvalue weighted by Crippen LogP contribution is -2.54. The van der Waals surface area contributed by atoms with Gasteiger partial charge in [0.05, 0.1) is 40.1 Å². The SMILES string of the molecule is COc1ccc(Cn2c(=O)ccn([C@@H]3O[C@H](COCc4ccccc4)[C@@H](OCc4ccccc4)[C@@]3(CF)OCc3ccccc3)c2=O)cc1. The number of aromatic nitrogens is 2. The van der Waals surface area contributed by atoms with Gasteiger partial charge in [-0.2, -0.15) is 0 Å². The van der Waals surface area contributed by atoms with Gasteiger partial charge in [0.25, 0.3) is 5.56 Å². The summed E-state index contributed by atoms with van der Waals surface area (Å²) in [7, 11) is 1.56. The minimum atomic E-state index is -1.79. The summed E-state index contributed by atoms with van der Waals surface area (Å²) >= 11 is 0. The van der Waals surface area contributed by atoms with Gasteiger partial charge in [0, 0.05) is 12.3 Å². The van der Waals surface area contributed by atoms with Crippen molar-refractivity contribution in [3.63, 3.8) is 0 Å². The zero-order valence-corrected chi connectivity index (χ0v) is 27.2. The Bertz CT molecular complexity index is 1880. The van der Waals surface area contributed by atoms with Crippen molar-refractivity contribution >= 4 is 0 Å². The van der Waals surface area contributed by atoms with Crippen molar-refractivity contribution in [3.05, 3.63) is 171 Å². The van der Waals surface area contributed by atoms with Crippen molar-refractivity contribution in [3.8, 4) is 5.75 Å². The molecule has 10 heteroatoms. The number of methoxy groups -OCH3 is 1. The molecule has 6 rings (SSSR count). The topological polar surface area (TPSA) is 90.2 Å². The zero-order valence-electron chi connectivity index (χ0n) is 27.2. The van der Waals surface area contributed by atoms with E-state index in [1.54, 1.807) is 31.4 Å². The molecule has 0 N–H and O–H groups in total. The summed E-state index contributed by atoms with van der Waals surface area (Å²) in [6.07, 6.45) is -1.81. The molecule has 0 bridgehead atoms. The third-order valence-corrected chi connectivity index (χ3v) is 8.61. The molecule has 1 aliphatic heterocycles. The van der Waals surface area contributed by atoms with E-state index in [1.807, 2.05) is 91.0 Å². The molecule has 4 atom stereocenters. The monoisotopic (exact) mass is 666 g/mol. The molecule has 4 aromatic carbocycles. The summed E-state index contributed by atoms with van der Waals surface area (Å²) in [6.45, 7) is -0.589. The molecule has 1 fully saturated rings. The Morgan fingerprint density at radius 1 is 0.735 bits per heavy atom. The van der Waals surface area contributed by atoms with E-state index in [9.17, 15) is 9.59 Å². The number of rotatable bonds is 15. The number of hydrogen-bond acceptors (Lipinski definition) is 7. The van der Waals surface area contributed by atoms with E-state index in [-0.39, 0.29) is 33.0 Å². The first-order chi connectivity index (χ1) is 24.0. The fourth-order valence-electron chi connectivity index (χ4n) is 6.01. The molecule has 2 heterocycles. The molecular weight excluding hydrogens is 627 g/mol. The molecule has 0 amide bonds. The molecule has 254 valence electrons. The average Bonchev–Trinajstić information content (AvgIpc) is 3.45. The van der Waals surface area contributed by atoms with Crippen LogP contribution in [-0.4, -0.2) is 47.3 Å². The highest BCUT2D eigenvalue weighted by molar-refractivity contribution is 5.27. The third-order valence-electron chi connectivity index (χ3n) is 8.61.